The van der Waals surface area contributed by atoms with Gasteiger partial charge in [0.1, 0.15) is 11.6 Å². The first-order chi connectivity index (χ1) is 7.86. The van der Waals surface area contributed by atoms with Gasteiger partial charge in [0.25, 0.3) is 0 Å². The molecule has 6 heteroatoms. The van der Waals surface area contributed by atoms with Crippen LogP contribution in [0.15, 0.2) is 18.2 Å². The molecule has 3 nitrogen and oxygen atoms in total. The Bertz CT molecular complexity index is 488. The molecular weight excluding hydrogens is 248 g/mol. The van der Waals surface area contributed by atoms with Crippen LogP contribution >= 0.6 is 0 Å². The second-order valence-corrected chi connectivity index (χ2v) is 6.35. The monoisotopic (exact) mass is 263 g/mol. The molecule has 1 rings (SSSR count). The molecule has 1 unspecified atom stereocenters. The maximum absolute atomic E-state index is 13.3. The molecule has 1 aromatic carbocycles. The van der Waals surface area contributed by atoms with Crippen molar-refractivity contribution in [2.45, 2.75) is 24.3 Å². The molecule has 0 aliphatic carbocycles. The predicted octanol–water partition coefficient (Wildman–Crippen LogP) is 1.62. The van der Waals surface area contributed by atoms with Gasteiger partial charge in [-0.1, -0.05) is 0 Å². The highest BCUT2D eigenvalue weighted by molar-refractivity contribution is 7.91. The van der Waals surface area contributed by atoms with Crippen molar-refractivity contribution in [3.8, 4) is 0 Å². The minimum absolute atomic E-state index is 0.145. The average Bonchev–Trinajstić information content (AvgIpc) is 2.23. The van der Waals surface area contributed by atoms with Crippen LogP contribution in [-0.4, -0.2) is 20.2 Å². The Hall–Kier alpha value is -1.01. The molecular formula is C11H15F2NO2S. The number of hydrogen-bond donors (Lipinski definition) is 1. The Kier molecular flexibility index (Phi) is 4.59. The summed E-state index contributed by atoms with van der Waals surface area (Å²) in [5, 5.41) is -0.657. The molecule has 17 heavy (non-hydrogen) atoms. The highest BCUT2D eigenvalue weighted by Gasteiger charge is 2.22. The summed E-state index contributed by atoms with van der Waals surface area (Å²) in [6, 6.07) is 2.78. The number of hydrogen-bond acceptors (Lipinski definition) is 3. The van der Waals surface area contributed by atoms with E-state index in [1.807, 2.05) is 0 Å². The van der Waals surface area contributed by atoms with Gasteiger partial charge in [-0.05, 0) is 38.1 Å². The smallest absolute Gasteiger partial charge is 0.157 e. The molecule has 1 atom stereocenters. The lowest BCUT2D eigenvalue weighted by atomic mass is 10.2. The number of rotatable bonds is 5. The quantitative estimate of drug-likeness (QED) is 0.878. The minimum Gasteiger partial charge on any atom is -0.330 e. The summed E-state index contributed by atoms with van der Waals surface area (Å²) < 4.78 is 49.8. The lowest BCUT2D eigenvalue weighted by Crippen LogP contribution is -2.23. The molecule has 0 fully saturated rings. The van der Waals surface area contributed by atoms with Crippen LogP contribution in [-0.2, 0) is 15.6 Å². The zero-order valence-electron chi connectivity index (χ0n) is 9.49. The second-order valence-electron chi connectivity index (χ2n) is 3.93. The zero-order chi connectivity index (χ0) is 13.1. The van der Waals surface area contributed by atoms with Gasteiger partial charge in [-0.3, -0.25) is 0 Å². The third-order valence-corrected chi connectivity index (χ3v) is 4.73. The largest absolute Gasteiger partial charge is 0.330 e. The van der Waals surface area contributed by atoms with Gasteiger partial charge in [0.2, 0.25) is 0 Å². The van der Waals surface area contributed by atoms with Crippen LogP contribution < -0.4 is 5.73 Å². The molecule has 0 aromatic heterocycles. The molecule has 0 saturated carbocycles. The van der Waals surface area contributed by atoms with Crippen LogP contribution in [0.1, 0.15) is 18.9 Å². The highest BCUT2D eigenvalue weighted by Crippen LogP contribution is 2.17. The van der Waals surface area contributed by atoms with Crippen molar-refractivity contribution >= 4 is 9.84 Å². The summed E-state index contributed by atoms with van der Waals surface area (Å²) in [7, 11) is -3.50. The lowest BCUT2D eigenvalue weighted by Gasteiger charge is -2.12. The van der Waals surface area contributed by atoms with E-state index in [2.05, 4.69) is 0 Å². The first-order valence-corrected chi connectivity index (χ1v) is 6.94. The summed E-state index contributed by atoms with van der Waals surface area (Å²) in [5.74, 6) is -1.87. The number of nitrogens with two attached hydrogens (primary N) is 1. The molecule has 0 aliphatic rings. The van der Waals surface area contributed by atoms with Crippen LogP contribution in [0.3, 0.4) is 0 Å². The summed E-state index contributed by atoms with van der Waals surface area (Å²) in [6.07, 6.45) is 0.305. The van der Waals surface area contributed by atoms with Crippen molar-refractivity contribution in [3.05, 3.63) is 35.4 Å². The van der Waals surface area contributed by atoms with Crippen molar-refractivity contribution < 1.29 is 17.2 Å². The van der Waals surface area contributed by atoms with Crippen molar-refractivity contribution in [3.63, 3.8) is 0 Å². The van der Waals surface area contributed by atoms with E-state index in [1.54, 1.807) is 0 Å². The number of benzene rings is 1. The van der Waals surface area contributed by atoms with Crippen LogP contribution in [0, 0.1) is 11.6 Å². The van der Waals surface area contributed by atoms with E-state index in [0.717, 1.165) is 18.2 Å². The molecule has 0 bridgehead atoms. The molecule has 0 radical (unpaired) electrons. The van der Waals surface area contributed by atoms with Crippen LogP contribution in [0.4, 0.5) is 8.78 Å². The first kappa shape index (κ1) is 14.1. The third kappa shape index (κ3) is 3.74. The van der Waals surface area contributed by atoms with Gasteiger partial charge in [0.05, 0.1) is 11.0 Å². The number of halogens is 2. The summed E-state index contributed by atoms with van der Waals surface area (Å²) in [6.45, 7) is 1.76. The molecule has 0 heterocycles. The molecule has 0 saturated heterocycles. The van der Waals surface area contributed by atoms with E-state index in [1.165, 1.54) is 6.92 Å². The fraction of sp³-hybridized carbons (Fsp3) is 0.455. The van der Waals surface area contributed by atoms with Crippen LogP contribution in [0.25, 0.3) is 0 Å². The van der Waals surface area contributed by atoms with Gasteiger partial charge in [0, 0.05) is 5.56 Å². The van der Waals surface area contributed by atoms with Gasteiger partial charge in [0.15, 0.2) is 9.84 Å². The van der Waals surface area contributed by atoms with Gasteiger partial charge in [-0.2, -0.15) is 0 Å². The normalized spacial score (nSPS) is 13.6. The van der Waals surface area contributed by atoms with Crippen molar-refractivity contribution in [2.24, 2.45) is 5.73 Å². The highest BCUT2D eigenvalue weighted by atomic mass is 32.2. The summed E-state index contributed by atoms with van der Waals surface area (Å²) in [5.41, 5.74) is 5.13. The van der Waals surface area contributed by atoms with Gasteiger partial charge in [-0.15, -0.1) is 0 Å². The van der Waals surface area contributed by atoms with E-state index in [-0.39, 0.29) is 12.1 Å². The average molecular weight is 263 g/mol. The standard InChI is InChI=1S/C11H15F2NO2S/c1-8(4-5-14)17(15,16)7-9-6-10(12)2-3-11(9)13/h2-3,6,8H,4-5,7,14H2,1H3. The van der Waals surface area contributed by atoms with Gasteiger partial charge in [-0.25, -0.2) is 17.2 Å². The molecule has 96 valence electrons. The Labute approximate surface area is 99.6 Å². The summed E-state index contributed by atoms with van der Waals surface area (Å²) >= 11 is 0. The van der Waals surface area contributed by atoms with Crippen molar-refractivity contribution in [2.75, 3.05) is 6.54 Å². The SMILES string of the molecule is CC(CCN)S(=O)(=O)Cc1cc(F)ccc1F. The van der Waals surface area contributed by atoms with E-state index in [9.17, 15) is 17.2 Å². The van der Waals surface area contributed by atoms with Crippen molar-refractivity contribution in [1.29, 1.82) is 0 Å². The van der Waals surface area contributed by atoms with E-state index < -0.39 is 32.5 Å². The molecule has 0 amide bonds. The predicted molar refractivity (Wildman–Crippen MR) is 62.1 cm³/mol. The minimum atomic E-state index is -3.50. The Balaban J connectivity index is 2.94. The topological polar surface area (TPSA) is 60.2 Å². The Morgan fingerprint density at radius 1 is 1.35 bits per heavy atom. The van der Waals surface area contributed by atoms with Gasteiger partial charge < -0.3 is 5.73 Å². The fourth-order valence-corrected chi connectivity index (χ4v) is 2.86. The van der Waals surface area contributed by atoms with Crippen LogP contribution in [0.5, 0.6) is 0 Å². The van der Waals surface area contributed by atoms with Crippen molar-refractivity contribution in [1.82, 2.24) is 0 Å². The van der Waals surface area contributed by atoms with E-state index >= 15 is 0 Å². The fourth-order valence-electron chi connectivity index (χ4n) is 1.43. The first-order valence-electron chi connectivity index (χ1n) is 5.22. The maximum Gasteiger partial charge on any atom is 0.157 e. The Morgan fingerprint density at radius 2 is 2.00 bits per heavy atom. The lowest BCUT2D eigenvalue weighted by molar-refractivity contribution is 0.567. The maximum atomic E-state index is 13.3. The van der Waals surface area contributed by atoms with Gasteiger partial charge >= 0.3 is 0 Å². The van der Waals surface area contributed by atoms with Crippen LogP contribution in [0.2, 0.25) is 0 Å². The molecule has 0 aliphatic heterocycles. The zero-order valence-corrected chi connectivity index (χ0v) is 10.3. The Morgan fingerprint density at radius 3 is 2.59 bits per heavy atom. The second kappa shape index (κ2) is 5.55. The van der Waals surface area contributed by atoms with E-state index in [4.69, 9.17) is 5.73 Å². The molecule has 1 aromatic rings. The molecule has 2 N–H and O–H groups in total. The molecule has 0 spiro atoms. The summed E-state index contributed by atoms with van der Waals surface area (Å²) in [4.78, 5) is 0. The third-order valence-electron chi connectivity index (χ3n) is 2.55. The number of sulfone groups is 1. The van der Waals surface area contributed by atoms with E-state index in [0.29, 0.717) is 6.42 Å².